The van der Waals surface area contributed by atoms with Crippen molar-refractivity contribution in [2.75, 3.05) is 18.0 Å². The van der Waals surface area contributed by atoms with Gasteiger partial charge in [0.15, 0.2) is 5.82 Å². The Morgan fingerprint density at radius 3 is 2.35 bits per heavy atom. The van der Waals surface area contributed by atoms with Crippen LogP contribution in [-0.4, -0.2) is 39.2 Å². The van der Waals surface area contributed by atoms with Gasteiger partial charge in [-0.15, -0.1) is 15.0 Å². The third-order valence-corrected chi connectivity index (χ3v) is 4.43. The number of hydrogen-bond donors (Lipinski definition) is 1. The Hall–Kier alpha value is -2.37. The minimum atomic E-state index is -1.03. The van der Waals surface area contributed by atoms with Crippen LogP contribution in [0.15, 0.2) is 18.2 Å². The summed E-state index contributed by atoms with van der Waals surface area (Å²) in [5.41, 5.74) is 3.14. The highest BCUT2D eigenvalue weighted by atomic mass is 16.4. The summed E-state index contributed by atoms with van der Waals surface area (Å²) in [4.78, 5) is 15.1. The second kappa shape index (κ2) is 6.40. The third-order valence-electron chi connectivity index (χ3n) is 4.43. The second-order valence-electron chi connectivity index (χ2n) is 6.14. The normalized spacial score (nSPS) is 15.5. The molecule has 1 aliphatic rings. The first kappa shape index (κ1) is 15.5. The maximum absolute atomic E-state index is 11.6. The van der Waals surface area contributed by atoms with Crippen LogP contribution in [0.3, 0.4) is 0 Å². The van der Waals surface area contributed by atoms with Crippen LogP contribution in [-0.2, 0) is 0 Å². The number of aromatic nitrogens is 3. The summed E-state index contributed by atoms with van der Waals surface area (Å²) >= 11 is 0. The average Bonchev–Trinajstić information content (AvgIpc) is 2.79. The van der Waals surface area contributed by atoms with Gasteiger partial charge in [-0.25, -0.2) is 4.79 Å². The number of hydrogen-bond acceptors (Lipinski definition) is 4. The molecule has 0 bridgehead atoms. The molecule has 0 unspecified atom stereocenters. The fourth-order valence-corrected chi connectivity index (χ4v) is 2.90. The largest absolute Gasteiger partial charge is 0.476 e. The molecule has 2 aromatic rings. The number of nitrogens with zero attached hydrogens (tertiary/aromatic N) is 4. The van der Waals surface area contributed by atoms with Crippen molar-refractivity contribution < 1.29 is 9.90 Å². The molecule has 0 spiro atoms. The maximum Gasteiger partial charge on any atom is 0.360 e. The SMILES string of the molecule is Cc1ccc(-n2nc(C(=O)O)c(N3CCCCCC3)n2)cc1C. The Labute approximate surface area is 135 Å². The second-order valence-corrected chi connectivity index (χ2v) is 6.14. The van der Waals surface area contributed by atoms with Gasteiger partial charge in [-0.1, -0.05) is 18.9 Å². The zero-order valence-corrected chi connectivity index (χ0v) is 13.6. The van der Waals surface area contributed by atoms with E-state index in [2.05, 4.69) is 15.1 Å². The predicted octanol–water partition coefficient (Wildman–Crippen LogP) is 2.96. The van der Waals surface area contributed by atoms with E-state index in [-0.39, 0.29) is 5.69 Å². The Bertz CT molecular complexity index is 715. The lowest BCUT2D eigenvalue weighted by molar-refractivity contribution is 0.0690. The van der Waals surface area contributed by atoms with E-state index in [0.717, 1.165) is 37.2 Å². The van der Waals surface area contributed by atoms with Gasteiger partial charge in [0.2, 0.25) is 5.69 Å². The van der Waals surface area contributed by atoms with Crippen LogP contribution < -0.4 is 4.90 Å². The highest BCUT2D eigenvalue weighted by Gasteiger charge is 2.24. The Kier molecular flexibility index (Phi) is 4.32. The van der Waals surface area contributed by atoms with E-state index in [4.69, 9.17) is 0 Å². The van der Waals surface area contributed by atoms with Gasteiger partial charge < -0.3 is 10.0 Å². The summed E-state index contributed by atoms with van der Waals surface area (Å²) in [7, 11) is 0. The van der Waals surface area contributed by atoms with Crippen LogP contribution in [0.1, 0.15) is 47.3 Å². The van der Waals surface area contributed by atoms with E-state index in [1.807, 2.05) is 32.0 Å². The molecule has 0 radical (unpaired) electrons. The van der Waals surface area contributed by atoms with Crippen molar-refractivity contribution in [3.05, 3.63) is 35.0 Å². The summed E-state index contributed by atoms with van der Waals surface area (Å²) < 4.78 is 0. The first-order chi connectivity index (χ1) is 11.1. The molecule has 0 aliphatic carbocycles. The van der Waals surface area contributed by atoms with Gasteiger partial charge in [-0.05, 0) is 49.9 Å². The maximum atomic E-state index is 11.6. The van der Waals surface area contributed by atoms with E-state index in [1.165, 1.54) is 23.2 Å². The predicted molar refractivity (Wildman–Crippen MR) is 88.5 cm³/mol. The van der Waals surface area contributed by atoms with E-state index >= 15 is 0 Å². The molecular formula is C17H22N4O2. The molecule has 6 nitrogen and oxygen atoms in total. The minimum absolute atomic E-state index is 0.0325. The smallest absolute Gasteiger partial charge is 0.360 e. The van der Waals surface area contributed by atoms with Crippen molar-refractivity contribution in [2.24, 2.45) is 0 Å². The average molecular weight is 314 g/mol. The lowest BCUT2D eigenvalue weighted by Gasteiger charge is -2.19. The van der Waals surface area contributed by atoms with E-state index in [0.29, 0.717) is 5.82 Å². The Balaban J connectivity index is 2.00. The van der Waals surface area contributed by atoms with Crippen molar-refractivity contribution in [1.29, 1.82) is 0 Å². The molecule has 0 saturated carbocycles. The highest BCUT2D eigenvalue weighted by molar-refractivity contribution is 5.91. The monoisotopic (exact) mass is 314 g/mol. The quantitative estimate of drug-likeness (QED) is 0.943. The fourth-order valence-electron chi connectivity index (χ4n) is 2.90. The van der Waals surface area contributed by atoms with Gasteiger partial charge in [0.25, 0.3) is 0 Å². The molecule has 1 aromatic carbocycles. The summed E-state index contributed by atoms with van der Waals surface area (Å²) in [5.74, 6) is -0.544. The number of anilines is 1. The molecule has 2 heterocycles. The fraction of sp³-hybridized carbons (Fsp3) is 0.471. The molecule has 3 rings (SSSR count). The number of carbonyl (C=O) groups is 1. The molecule has 1 aliphatic heterocycles. The van der Waals surface area contributed by atoms with Crippen molar-refractivity contribution in [3.63, 3.8) is 0 Å². The summed E-state index contributed by atoms with van der Waals surface area (Å²) in [5, 5.41) is 18.2. The van der Waals surface area contributed by atoms with Gasteiger partial charge in [0.05, 0.1) is 5.69 Å². The topological polar surface area (TPSA) is 71.2 Å². The molecule has 23 heavy (non-hydrogen) atoms. The number of benzene rings is 1. The molecule has 0 amide bonds. The van der Waals surface area contributed by atoms with Crippen LogP contribution in [0.4, 0.5) is 5.82 Å². The number of carboxylic acid groups (broad SMARTS) is 1. The van der Waals surface area contributed by atoms with E-state index in [9.17, 15) is 9.90 Å². The van der Waals surface area contributed by atoms with Gasteiger partial charge >= 0.3 is 5.97 Å². The van der Waals surface area contributed by atoms with E-state index < -0.39 is 5.97 Å². The van der Waals surface area contributed by atoms with Gasteiger partial charge in [0.1, 0.15) is 0 Å². The number of aryl methyl sites for hydroxylation is 2. The van der Waals surface area contributed by atoms with Gasteiger partial charge in [-0.3, -0.25) is 0 Å². The molecule has 1 aromatic heterocycles. The van der Waals surface area contributed by atoms with Crippen LogP contribution in [0.25, 0.3) is 5.69 Å². The number of carboxylic acids is 1. The van der Waals surface area contributed by atoms with Crippen molar-refractivity contribution in [1.82, 2.24) is 15.0 Å². The zero-order valence-electron chi connectivity index (χ0n) is 13.6. The standard InChI is InChI=1S/C17H22N4O2/c1-12-7-8-14(11-13(12)2)21-18-15(17(22)23)16(19-21)20-9-5-3-4-6-10-20/h7-8,11H,3-6,9-10H2,1-2H3,(H,22,23). The first-order valence-electron chi connectivity index (χ1n) is 8.09. The summed E-state index contributed by atoms with van der Waals surface area (Å²) in [6.45, 7) is 5.74. The number of rotatable bonds is 3. The Morgan fingerprint density at radius 1 is 1.04 bits per heavy atom. The van der Waals surface area contributed by atoms with Crippen LogP contribution in [0, 0.1) is 13.8 Å². The molecule has 1 N–H and O–H groups in total. The summed E-state index contributed by atoms with van der Waals surface area (Å²) in [6, 6.07) is 5.90. The molecule has 0 atom stereocenters. The summed E-state index contributed by atoms with van der Waals surface area (Å²) in [6.07, 6.45) is 4.50. The van der Waals surface area contributed by atoms with Gasteiger partial charge in [-0.2, -0.15) is 0 Å². The van der Waals surface area contributed by atoms with Gasteiger partial charge in [0, 0.05) is 13.1 Å². The van der Waals surface area contributed by atoms with E-state index in [1.54, 1.807) is 0 Å². The van der Waals surface area contributed by atoms with Crippen molar-refractivity contribution >= 4 is 11.8 Å². The molecular weight excluding hydrogens is 292 g/mol. The highest BCUT2D eigenvalue weighted by Crippen LogP contribution is 2.22. The molecule has 6 heteroatoms. The number of aromatic carboxylic acids is 1. The minimum Gasteiger partial charge on any atom is -0.476 e. The molecule has 1 fully saturated rings. The van der Waals surface area contributed by atoms with Crippen molar-refractivity contribution in [2.45, 2.75) is 39.5 Å². The van der Waals surface area contributed by atoms with Crippen LogP contribution >= 0.6 is 0 Å². The molecule has 122 valence electrons. The lowest BCUT2D eigenvalue weighted by atomic mass is 10.1. The lowest BCUT2D eigenvalue weighted by Crippen LogP contribution is -2.26. The van der Waals surface area contributed by atoms with Crippen molar-refractivity contribution in [3.8, 4) is 5.69 Å². The molecule has 1 saturated heterocycles. The Morgan fingerprint density at radius 2 is 1.74 bits per heavy atom. The first-order valence-corrected chi connectivity index (χ1v) is 8.09. The third kappa shape index (κ3) is 3.21. The zero-order chi connectivity index (χ0) is 16.4. The van der Waals surface area contributed by atoms with Crippen LogP contribution in [0.2, 0.25) is 0 Å². The van der Waals surface area contributed by atoms with Crippen LogP contribution in [0.5, 0.6) is 0 Å².